The Hall–Kier alpha value is -0.670. The highest BCUT2D eigenvalue weighted by Crippen LogP contribution is 2.37. The molecule has 0 amide bonds. The van der Waals surface area contributed by atoms with Crippen molar-refractivity contribution < 1.29 is 9.84 Å². The minimum absolute atomic E-state index is 0.342. The van der Waals surface area contributed by atoms with Crippen molar-refractivity contribution in [3.05, 3.63) is 29.8 Å². The molecule has 0 radical (unpaired) electrons. The van der Waals surface area contributed by atoms with Gasteiger partial charge in [-0.1, -0.05) is 12.1 Å². The molecule has 0 spiro atoms. The number of aliphatic hydroxyl groups is 1. The molecule has 1 saturated heterocycles. The predicted octanol–water partition coefficient (Wildman–Crippen LogP) is 3.16. The summed E-state index contributed by atoms with van der Waals surface area (Å²) in [7, 11) is 0. The number of hydrogen-bond donors (Lipinski definition) is 1. The summed E-state index contributed by atoms with van der Waals surface area (Å²) in [4.78, 5) is 0. The van der Waals surface area contributed by atoms with Crippen molar-refractivity contribution in [3.8, 4) is 5.75 Å². The van der Waals surface area contributed by atoms with Crippen LogP contribution >= 0.6 is 11.8 Å². The highest BCUT2D eigenvalue weighted by Gasteiger charge is 2.26. The van der Waals surface area contributed by atoms with E-state index >= 15 is 0 Å². The molecule has 2 fully saturated rings. The highest BCUT2D eigenvalue weighted by molar-refractivity contribution is 8.00. The molecule has 1 aromatic carbocycles. The third-order valence-corrected chi connectivity index (χ3v) is 4.79. The van der Waals surface area contributed by atoms with Crippen molar-refractivity contribution in [2.24, 2.45) is 0 Å². The van der Waals surface area contributed by atoms with Crippen molar-refractivity contribution in [1.29, 1.82) is 0 Å². The molecule has 2 aliphatic rings. The molecule has 92 valence electrons. The number of aliphatic hydroxyl groups excluding tert-OH is 1. The Labute approximate surface area is 106 Å². The Balaban J connectivity index is 1.71. The highest BCUT2D eigenvalue weighted by atomic mass is 32.2. The van der Waals surface area contributed by atoms with Crippen LogP contribution in [0.5, 0.6) is 5.75 Å². The summed E-state index contributed by atoms with van der Waals surface area (Å²) in [6.07, 6.45) is 4.77. The zero-order chi connectivity index (χ0) is 11.7. The van der Waals surface area contributed by atoms with Gasteiger partial charge in [0.05, 0.1) is 12.2 Å². The van der Waals surface area contributed by atoms with Gasteiger partial charge in [0, 0.05) is 5.25 Å². The van der Waals surface area contributed by atoms with E-state index in [1.807, 2.05) is 36.0 Å². The summed E-state index contributed by atoms with van der Waals surface area (Å²) >= 11 is 1.89. The van der Waals surface area contributed by atoms with Crippen molar-refractivity contribution in [2.45, 2.75) is 43.1 Å². The van der Waals surface area contributed by atoms with E-state index in [2.05, 4.69) is 0 Å². The summed E-state index contributed by atoms with van der Waals surface area (Å²) in [5.74, 6) is 2.09. The Kier molecular flexibility index (Phi) is 3.30. The number of hydrogen-bond acceptors (Lipinski definition) is 3. The quantitative estimate of drug-likeness (QED) is 0.890. The zero-order valence-corrected chi connectivity index (χ0v) is 10.7. The maximum Gasteiger partial charge on any atom is 0.120 e. The average Bonchev–Trinajstić information content (AvgIpc) is 2.99. The molecule has 1 heterocycles. The monoisotopic (exact) mass is 250 g/mol. The standard InChI is InChI=1S/C14H18O2S/c15-14(13-5-2-8-17-13)10-3-1-4-12(9-10)16-11-6-7-11/h1,3-4,9,11,13-15H,2,5-8H2. The van der Waals surface area contributed by atoms with Gasteiger partial charge in [-0.05, 0) is 49.1 Å². The molecule has 1 N–H and O–H groups in total. The van der Waals surface area contributed by atoms with Gasteiger partial charge in [-0.25, -0.2) is 0 Å². The van der Waals surface area contributed by atoms with Crippen LogP contribution in [0.1, 0.15) is 37.4 Å². The van der Waals surface area contributed by atoms with Crippen LogP contribution in [0, 0.1) is 0 Å². The van der Waals surface area contributed by atoms with E-state index in [0.29, 0.717) is 11.4 Å². The lowest BCUT2D eigenvalue weighted by Gasteiger charge is -2.18. The van der Waals surface area contributed by atoms with Crippen LogP contribution in [-0.4, -0.2) is 22.2 Å². The third-order valence-electron chi connectivity index (χ3n) is 3.34. The van der Waals surface area contributed by atoms with Gasteiger partial charge in [0.2, 0.25) is 0 Å². The fourth-order valence-electron chi connectivity index (χ4n) is 2.22. The number of thioether (sulfide) groups is 1. The Morgan fingerprint density at radius 1 is 1.29 bits per heavy atom. The van der Waals surface area contributed by atoms with E-state index in [1.54, 1.807) is 0 Å². The van der Waals surface area contributed by atoms with E-state index in [9.17, 15) is 5.11 Å². The Morgan fingerprint density at radius 2 is 2.18 bits per heavy atom. The molecule has 17 heavy (non-hydrogen) atoms. The number of rotatable bonds is 4. The van der Waals surface area contributed by atoms with Crippen LogP contribution in [0.2, 0.25) is 0 Å². The Morgan fingerprint density at radius 3 is 2.88 bits per heavy atom. The van der Waals surface area contributed by atoms with Crippen LogP contribution in [0.4, 0.5) is 0 Å². The van der Waals surface area contributed by atoms with Crippen molar-refractivity contribution in [2.75, 3.05) is 5.75 Å². The zero-order valence-electron chi connectivity index (χ0n) is 9.84. The minimum Gasteiger partial charge on any atom is -0.490 e. The molecular weight excluding hydrogens is 232 g/mol. The van der Waals surface area contributed by atoms with Gasteiger partial charge >= 0.3 is 0 Å². The molecule has 1 aliphatic heterocycles. The number of benzene rings is 1. The Bertz CT molecular complexity index is 384. The fraction of sp³-hybridized carbons (Fsp3) is 0.571. The first kappa shape index (κ1) is 11.4. The smallest absolute Gasteiger partial charge is 0.120 e. The minimum atomic E-state index is -0.342. The van der Waals surface area contributed by atoms with Crippen LogP contribution in [0.3, 0.4) is 0 Å². The molecule has 1 aromatic rings. The van der Waals surface area contributed by atoms with Crippen LogP contribution in [-0.2, 0) is 0 Å². The lowest BCUT2D eigenvalue weighted by molar-refractivity contribution is 0.172. The molecule has 3 rings (SSSR count). The van der Waals surface area contributed by atoms with E-state index in [4.69, 9.17) is 4.74 Å². The first-order valence-corrected chi connectivity index (χ1v) is 7.44. The van der Waals surface area contributed by atoms with Crippen LogP contribution in [0.25, 0.3) is 0 Å². The van der Waals surface area contributed by atoms with Gasteiger partial charge in [0.1, 0.15) is 5.75 Å². The van der Waals surface area contributed by atoms with Crippen molar-refractivity contribution >= 4 is 11.8 Å². The molecule has 3 heteroatoms. The third kappa shape index (κ3) is 2.78. The molecule has 1 aliphatic carbocycles. The van der Waals surface area contributed by atoms with Gasteiger partial charge in [0.25, 0.3) is 0 Å². The fourth-order valence-corrected chi connectivity index (χ4v) is 3.53. The molecule has 2 nitrogen and oxygen atoms in total. The normalized spacial score (nSPS) is 25.8. The van der Waals surface area contributed by atoms with E-state index in [1.165, 1.54) is 25.0 Å². The molecule has 2 atom stereocenters. The molecule has 2 unspecified atom stereocenters. The summed E-state index contributed by atoms with van der Waals surface area (Å²) in [6.45, 7) is 0. The van der Waals surface area contributed by atoms with Gasteiger partial charge in [-0.15, -0.1) is 0 Å². The maximum atomic E-state index is 10.3. The number of ether oxygens (including phenoxy) is 1. The lowest BCUT2D eigenvalue weighted by Crippen LogP contribution is -2.11. The summed E-state index contributed by atoms with van der Waals surface area (Å²) < 4.78 is 5.76. The van der Waals surface area contributed by atoms with E-state index < -0.39 is 0 Å². The average molecular weight is 250 g/mol. The van der Waals surface area contributed by atoms with Gasteiger partial charge in [-0.3, -0.25) is 0 Å². The SMILES string of the molecule is OC(c1cccc(OC2CC2)c1)C1CCCS1. The molecular formula is C14H18O2S. The van der Waals surface area contributed by atoms with Crippen molar-refractivity contribution in [1.82, 2.24) is 0 Å². The summed E-state index contributed by atoms with van der Waals surface area (Å²) in [5.41, 5.74) is 1.00. The largest absolute Gasteiger partial charge is 0.490 e. The second-order valence-corrected chi connectivity index (χ2v) is 6.23. The first-order chi connectivity index (χ1) is 8.33. The van der Waals surface area contributed by atoms with Gasteiger partial charge < -0.3 is 9.84 Å². The van der Waals surface area contributed by atoms with Gasteiger partial charge in [-0.2, -0.15) is 11.8 Å². The van der Waals surface area contributed by atoms with E-state index in [0.717, 1.165) is 17.7 Å². The van der Waals surface area contributed by atoms with Crippen molar-refractivity contribution in [3.63, 3.8) is 0 Å². The van der Waals surface area contributed by atoms with Crippen LogP contribution in [0.15, 0.2) is 24.3 Å². The van der Waals surface area contributed by atoms with E-state index in [-0.39, 0.29) is 6.10 Å². The second kappa shape index (κ2) is 4.91. The molecule has 0 aromatic heterocycles. The molecule has 1 saturated carbocycles. The summed E-state index contributed by atoms with van der Waals surface area (Å²) in [5, 5.41) is 10.7. The molecule has 0 bridgehead atoms. The maximum absolute atomic E-state index is 10.3. The van der Waals surface area contributed by atoms with Gasteiger partial charge in [0.15, 0.2) is 0 Å². The topological polar surface area (TPSA) is 29.5 Å². The first-order valence-electron chi connectivity index (χ1n) is 6.39. The predicted molar refractivity (Wildman–Crippen MR) is 70.5 cm³/mol. The second-order valence-electron chi connectivity index (χ2n) is 4.89. The van der Waals surface area contributed by atoms with Crippen LogP contribution < -0.4 is 4.74 Å². The lowest BCUT2D eigenvalue weighted by atomic mass is 10.0. The summed E-state index contributed by atoms with van der Waals surface area (Å²) in [6, 6.07) is 7.97.